The molecule has 0 spiro atoms. The summed E-state index contributed by atoms with van der Waals surface area (Å²) in [5, 5.41) is 14.7. The normalized spacial score (nSPS) is 16.6. The van der Waals surface area contributed by atoms with E-state index in [2.05, 4.69) is 321 Å². The molecule has 3 aliphatic rings. The molecule has 0 aliphatic heterocycles. The summed E-state index contributed by atoms with van der Waals surface area (Å²) in [6, 6.07) is 59.3. The van der Waals surface area contributed by atoms with E-state index < -0.39 is 0 Å². The Hall–Kier alpha value is -9.39. The summed E-state index contributed by atoms with van der Waals surface area (Å²) in [6.07, 6.45) is 6.48. The molecular weight excluding hydrogens is 1130 g/mol. The van der Waals surface area contributed by atoms with E-state index in [1.807, 2.05) is 0 Å². The second kappa shape index (κ2) is 19.6. The molecule has 0 atom stereocenters. The van der Waals surface area contributed by atoms with Gasteiger partial charge in [0.2, 0.25) is 17.1 Å². The lowest BCUT2D eigenvalue weighted by molar-refractivity contribution is -0.661. The van der Waals surface area contributed by atoms with Gasteiger partial charge in [-0.1, -0.05) is 168 Å². The van der Waals surface area contributed by atoms with Crippen LogP contribution in [0.1, 0.15) is 133 Å². The van der Waals surface area contributed by atoms with E-state index in [1.165, 1.54) is 148 Å². The maximum Gasteiger partial charge on any atom is 0.216 e. The van der Waals surface area contributed by atoms with Crippen molar-refractivity contribution in [3.05, 3.63) is 232 Å². The Labute approximate surface area is 545 Å². The highest BCUT2D eigenvalue weighted by Gasteiger charge is 2.54. The van der Waals surface area contributed by atoms with Gasteiger partial charge in [0.05, 0.1) is 16.7 Å². The smallest absolute Gasteiger partial charge is 0.216 e. The molecule has 462 valence electrons. The van der Waals surface area contributed by atoms with Crippen LogP contribution in [-0.4, -0.2) is 0 Å². The van der Waals surface area contributed by atoms with Crippen molar-refractivity contribution in [1.82, 2.24) is 0 Å². The molecular formula is C87H84N3O3+3. The highest BCUT2D eigenvalue weighted by atomic mass is 16.3. The SMILES string of the molecule is Cc1cc2c(oc3c4ccccc4ccc23)c2c1-c1c(ccc[n+]1C)C(C)(C)C2(C)C.Cc1cc2c(oc3cc4ccccc4cc32)c2c1-c1c(ccc[n+]1C)C(C)(C)C2(C)C.Cc1cc2c(oc3ccc4ccccc4c32)c2c1-c1c(ccc[n+]1C)C(C)(C)C2(C)C. The van der Waals surface area contributed by atoms with Crippen molar-refractivity contribution in [2.45, 2.75) is 136 Å². The number of hydrogen-bond acceptors (Lipinski definition) is 3. The van der Waals surface area contributed by atoms with E-state index >= 15 is 0 Å². The average Bonchev–Trinajstić information content (AvgIpc) is 1.70. The summed E-state index contributed by atoms with van der Waals surface area (Å²) in [5.41, 5.74) is 25.7. The minimum absolute atomic E-state index is 0.0429. The quantitative estimate of drug-likeness (QED) is 0.142. The van der Waals surface area contributed by atoms with Crippen LogP contribution in [0.15, 0.2) is 196 Å². The Bertz CT molecular complexity index is 5660. The van der Waals surface area contributed by atoms with E-state index in [0.29, 0.717) is 0 Å². The summed E-state index contributed by atoms with van der Waals surface area (Å²) in [4.78, 5) is 0. The predicted molar refractivity (Wildman–Crippen MR) is 386 cm³/mol. The number of furan rings is 3. The molecule has 3 aliphatic carbocycles. The topological polar surface area (TPSA) is 51.1 Å². The van der Waals surface area contributed by atoms with Gasteiger partial charge in [-0.15, -0.1) is 0 Å². The van der Waals surface area contributed by atoms with Gasteiger partial charge >= 0.3 is 0 Å². The van der Waals surface area contributed by atoms with Crippen molar-refractivity contribution >= 4 is 98.1 Å². The molecule has 0 saturated heterocycles. The molecule has 93 heavy (non-hydrogen) atoms. The Balaban J connectivity index is 0.000000111. The fourth-order valence-electron chi connectivity index (χ4n) is 17.3. The molecule has 15 aromatic rings. The number of benzene rings is 9. The zero-order valence-electron chi connectivity index (χ0n) is 57.4. The Morgan fingerprint density at radius 3 is 1.15 bits per heavy atom. The van der Waals surface area contributed by atoms with Crippen LogP contribution in [0.25, 0.3) is 132 Å². The zero-order valence-corrected chi connectivity index (χ0v) is 57.4. The summed E-state index contributed by atoms with van der Waals surface area (Å²) < 4.78 is 27.0. The minimum Gasteiger partial charge on any atom is -0.456 e. The first-order chi connectivity index (χ1) is 44.2. The molecule has 6 aromatic heterocycles. The van der Waals surface area contributed by atoms with Gasteiger partial charge in [-0.05, 0) is 125 Å². The fourth-order valence-corrected chi connectivity index (χ4v) is 17.3. The highest BCUT2D eigenvalue weighted by molar-refractivity contribution is 6.21. The standard InChI is InChI=1S/3C29H28NO/c1-17-16-20-24-19-11-8-7-10-18(19)13-14-22(24)31-27(20)25-23(17)26-21(12-9-15-30(26)6)28(2,3)29(25,4)5;1-17-16-21-20-14-13-18-10-7-8-11-19(18)26(20)31-27(21)24-23(17)25-22(12-9-15-30(25)6)28(2,3)29(24,4)5;1-17-14-21-20-15-18-10-7-8-11-19(18)16-23(20)31-27(21)25-24(17)26-22(12-9-13-30(26)6)28(2,3)29(25,4)5/h3*7-16H,1-6H3/q3*+1. The van der Waals surface area contributed by atoms with Crippen LogP contribution in [0.2, 0.25) is 0 Å². The maximum atomic E-state index is 6.79. The molecule has 6 heterocycles. The van der Waals surface area contributed by atoms with Gasteiger partial charge in [0.1, 0.15) is 54.6 Å². The zero-order chi connectivity index (χ0) is 65.1. The lowest BCUT2D eigenvalue weighted by Gasteiger charge is -2.46. The second-order valence-corrected chi connectivity index (χ2v) is 30.7. The molecule has 0 amide bonds. The van der Waals surface area contributed by atoms with Crippen LogP contribution in [0, 0.1) is 20.8 Å². The Kier molecular flexibility index (Phi) is 12.4. The summed E-state index contributed by atoms with van der Waals surface area (Å²) in [5.74, 6) is 0. The molecule has 0 saturated carbocycles. The molecule has 0 bridgehead atoms. The molecule has 0 N–H and O–H groups in total. The van der Waals surface area contributed by atoms with Gasteiger partial charge in [-0.2, -0.15) is 0 Å². The number of rotatable bonds is 0. The predicted octanol–water partition coefficient (Wildman–Crippen LogP) is 21.3. The highest BCUT2D eigenvalue weighted by Crippen LogP contribution is 2.60. The molecule has 6 heteroatoms. The van der Waals surface area contributed by atoms with Crippen LogP contribution < -0.4 is 13.7 Å². The Morgan fingerprint density at radius 1 is 0.280 bits per heavy atom. The van der Waals surface area contributed by atoms with E-state index in [1.54, 1.807) is 0 Å². The van der Waals surface area contributed by atoms with Crippen molar-refractivity contribution in [2.24, 2.45) is 21.1 Å². The Morgan fingerprint density at radius 2 is 0.656 bits per heavy atom. The van der Waals surface area contributed by atoms with Crippen molar-refractivity contribution < 1.29 is 27.0 Å². The second-order valence-electron chi connectivity index (χ2n) is 30.7. The number of fused-ring (bicyclic) bond motifs is 26. The number of hydrogen-bond donors (Lipinski definition) is 0. The van der Waals surface area contributed by atoms with E-state index in [0.717, 1.165) is 33.5 Å². The number of pyridine rings is 3. The van der Waals surface area contributed by atoms with Crippen molar-refractivity contribution in [2.75, 3.05) is 0 Å². The molecule has 18 rings (SSSR count). The summed E-state index contributed by atoms with van der Waals surface area (Å²) >= 11 is 0. The summed E-state index contributed by atoms with van der Waals surface area (Å²) in [6.45, 7) is 35.3. The van der Waals surface area contributed by atoms with E-state index in [4.69, 9.17) is 13.3 Å². The van der Waals surface area contributed by atoms with Crippen molar-refractivity contribution in [3.63, 3.8) is 0 Å². The van der Waals surface area contributed by atoms with Gasteiger partial charge in [-0.25, -0.2) is 13.7 Å². The molecule has 0 radical (unpaired) electrons. The third-order valence-corrected chi connectivity index (χ3v) is 24.4. The van der Waals surface area contributed by atoms with Crippen LogP contribution in [-0.2, 0) is 53.6 Å². The van der Waals surface area contributed by atoms with E-state index in [-0.39, 0.29) is 32.5 Å². The first kappa shape index (κ1) is 58.7. The van der Waals surface area contributed by atoms with Gasteiger partial charge in [0, 0.05) is 122 Å². The molecule has 6 nitrogen and oxygen atoms in total. The number of nitrogens with zero attached hydrogens (tertiary/aromatic N) is 3. The minimum atomic E-state index is -0.0996. The third-order valence-electron chi connectivity index (χ3n) is 24.4. The molecule has 0 unspecified atom stereocenters. The van der Waals surface area contributed by atoms with Gasteiger partial charge in [0.25, 0.3) is 0 Å². The lowest BCUT2D eigenvalue weighted by Crippen LogP contribution is -2.48. The first-order valence-corrected chi connectivity index (χ1v) is 33.3. The monoisotopic (exact) mass is 1220 g/mol. The molecule has 0 fully saturated rings. The first-order valence-electron chi connectivity index (χ1n) is 33.3. The average molecular weight is 1220 g/mol. The fraction of sp³-hybridized carbons (Fsp3) is 0.276. The largest absolute Gasteiger partial charge is 0.456 e. The van der Waals surface area contributed by atoms with Crippen LogP contribution >= 0.6 is 0 Å². The van der Waals surface area contributed by atoms with Crippen LogP contribution in [0.3, 0.4) is 0 Å². The van der Waals surface area contributed by atoms with Crippen molar-refractivity contribution in [1.29, 1.82) is 0 Å². The lowest BCUT2D eigenvalue weighted by atomic mass is 9.55. The van der Waals surface area contributed by atoms with Gasteiger partial charge in [0.15, 0.2) is 18.6 Å². The summed E-state index contributed by atoms with van der Waals surface area (Å²) in [7, 11) is 6.48. The third kappa shape index (κ3) is 7.78. The molecule has 9 aromatic carbocycles. The van der Waals surface area contributed by atoms with Crippen molar-refractivity contribution in [3.8, 4) is 33.8 Å². The van der Waals surface area contributed by atoms with E-state index in [9.17, 15) is 0 Å². The van der Waals surface area contributed by atoms with Crippen LogP contribution in [0.4, 0.5) is 0 Å². The maximum absolute atomic E-state index is 6.79. The van der Waals surface area contributed by atoms with Gasteiger partial charge < -0.3 is 13.3 Å². The number of aromatic nitrogens is 3. The number of aryl methyl sites for hydroxylation is 6. The van der Waals surface area contributed by atoms with Gasteiger partial charge in [-0.3, -0.25) is 0 Å². The van der Waals surface area contributed by atoms with Crippen LogP contribution in [0.5, 0.6) is 0 Å².